The van der Waals surface area contributed by atoms with Gasteiger partial charge in [-0.1, -0.05) is 18.2 Å². The van der Waals surface area contributed by atoms with Crippen molar-refractivity contribution in [2.24, 2.45) is 5.41 Å². The Morgan fingerprint density at radius 3 is 2.83 bits per heavy atom. The van der Waals surface area contributed by atoms with E-state index in [1.54, 1.807) is 4.90 Å². The molecular weight excluding hydrogens is 296 g/mol. The van der Waals surface area contributed by atoms with Gasteiger partial charge in [0, 0.05) is 37.8 Å². The van der Waals surface area contributed by atoms with Crippen molar-refractivity contribution < 1.29 is 19.1 Å². The zero-order valence-electron chi connectivity index (χ0n) is 13.4. The number of carbonyl (C=O) groups is 2. The second-order valence-electron chi connectivity index (χ2n) is 6.31. The van der Waals surface area contributed by atoms with Crippen LogP contribution >= 0.6 is 0 Å². The molecule has 1 spiro atoms. The lowest BCUT2D eigenvalue weighted by molar-refractivity contribution is -0.134. The molecule has 2 amide bonds. The van der Waals surface area contributed by atoms with Crippen LogP contribution in [0.5, 0.6) is 0 Å². The van der Waals surface area contributed by atoms with Crippen molar-refractivity contribution in [3.05, 3.63) is 30.3 Å². The second-order valence-corrected chi connectivity index (χ2v) is 6.31. The van der Waals surface area contributed by atoms with E-state index in [1.807, 2.05) is 35.2 Å². The highest BCUT2D eigenvalue weighted by Crippen LogP contribution is 2.35. The number of benzene rings is 1. The number of hydrogen-bond acceptors (Lipinski definition) is 4. The van der Waals surface area contributed by atoms with Crippen LogP contribution in [0.3, 0.4) is 0 Å². The Hall–Kier alpha value is -1.92. The summed E-state index contributed by atoms with van der Waals surface area (Å²) in [5.41, 5.74) is 0.676. The molecule has 0 radical (unpaired) electrons. The Bertz CT molecular complexity index is 577. The third kappa shape index (κ3) is 3.38. The summed E-state index contributed by atoms with van der Waals surface area (Å²) >= 11 is 0. The molecule has 2 fully saturated rings. The molecule has 2 heterocycles. The molecule has 1 aromatic rings. The minimum absolute atomic E-state index is 0.00814. The van der Waals surface area contributed by atoms with Gasteiger partial charge < -0.3 is 19.3 Å². The van der Waals surface area contributed by atoms with Gasteiger partial charge in [0.2, 0.25) is 5.91 Å². The summed E-state index contributed by atoms with van der Waals surface area (Å²) in [5, 5.41) is 0. The van der Waals surface area contributed by atoms with Crippen LogP contribution in [-0.4, -0.2) is 63.3 Å². The standard InChI is InChI=1S/C17H22N2O4/c1-22-9-15(20)18-8-7-17(11-18)12-19(16(21)10-23-13-17)14-5-3-2-4-6-14/h2-6H,7-13H2,1H3. The Morgan fingerprint density at radius 1 is 1.30 bits per heavy atom. The van der Waals surface area contributed by atoms with Gasteiger partial charge in [-0.25, -0.2) is 0 Å². The van der Waals surface area contributed by atoms with Gasteiger partial charge in [-0.15, -0.1) is 0 Å². The first-order valence-corrected chi connectivity index (χ1v) is 7.83. The molecule has 6 nitrogen and oxygen atoms in total. The smallest absolute Gasteiger partial charge is 0.252 e. The monoisotopic (exact) mass is 318 g/mol. The number of hydrogen-bond donors (Lipinski definition) is 0. The molecule has 1 aromatic carbocycles. The maximum absolute atomic E-state index is 12.4. The predicted molar refractivity (Wildman–Crippen MR) is 85.1 cm³/mol. The fraction of sp³-hybridized carbons (Fsp3) is 0.529. The summed E-state index contributed by atoms with van der Waals surface area (Å²) < 4.78 is 10.6. The maximum Gasteiger partial charge on any atom is 0.252 e. The highest BCUT2D eigenvalue weighted by atomic mass is 16.5. The Balaban J connectivity index is 1.78. The van der Waals surface area contributed by atoms with Gasteiger partial charge in [-0.05, 0) is 18.6 Å². The summed E-state index contributed by atoms with van der Waals surface area (Å²) in [6.45, 7) is 2.54. The maximum atomic E-state index is 12.4. The summed E-state index contributed by atoms with van der Waals surface area (Å²) in [4.78, 5) is 28.0. The number of methoxy groups -OCH3 is 1. The van der Waals surface area contributed by atoms with Crippen molar-refractivity contribution in [3.63, 3.8) is 0 Å². The van der Waals surface area contributed by atoms with Gasteiger partial charge in [-0.2, -0.15) is 0 Å². The molecule has 0 saturated carbocycles. The number of amides is 2. The largest absolute Gasteiger partial charge is 0.375 e. The van der Waals surface area contributed by atoms with Gasteiger partial charge in [0.25, 0.3) is 5.91 Å². The lowest BCUT2D eigenvalue weighted by Crippen LogP contribution is -2.43. The van der Waals surface area contributed by atoms with Crippen LogP contribution in [0.2, 0.25) is 0 Å². The lowest BCUT2D eigenvalue weighted by Gasteiger charge is -2.31. The van der Waals surface area contributed by atoms with E-state index < -0.39 is 0 Å². The molecule has 2 aliphatic heterocycles. The number of likely N-dealkylation sites (tertiary alicyclic amines) is 1. The highest BCUT2D eigenvalue weighted by Gasteiger charge is 2.44. The molecule has 0 aromatic heterocycles. The van der Waals surface area contributed by atoms with Crippen molar-refractivity contribution in [3.8, 4) is 0 Å². The minimum Gasteiger partial charge on any atom is -0.375 e. The van der Waals surface area contributed by atoms with E-state index in [1.165, 1.54) is 7.11 Å². The Labute approximate surface area is 136 Å². The number of para-hydroxylation sites is 1. The van der Waals surface area contributed by atoms with E-state index in [2.05, 4.69) is 0 Å². The number of anilines is 1. The number of ether oxygens (including phenoxy) is 2. The number of nitrogens with zero attached hydrogens (tertiary/aromatic N) is 2. The van der Waals surface area contributed by atoms with Gasteiger partial charge in [0.05, 0.1) is 6.61 Å². The van der Waals surface area contributed by atoms with Crippen LogP contribution < -0.4 is 4.90 Å². The van der Waals surface area contributed by atoms with E-state index in [4.69, 9.17) is 9.47 Å². The third-order valence-electron chi connectivity index (χ3n) is 4.56. The van der Waals surface area contributed by atoms with Crippen LogP contribution in [0.25, 0.3) is 0 Å². The van der Waals surface area contributed by atoms with E-state index in [0.29, 0.717) is 26.2 Å². The molecule has 124 valence electrons. The van der Waals surface area contributed by atoms with Crippen molar-refractivity contribution in [2.75, 3.05) is 51.5 Å². The minimum atomic E-state index is -0.203. The summed E-state index contributed by atoms with van der Waals surface area (Å²) in [7, 11) is 1.52. The van der Waals surface area contributed by atoms with Gasteiger partial charge in [-0.3, -0.25) is 9.59 Å². The molecule has 3 rings (SSSR count). The molecule has 0 bridgehead atoms. The Morgan fingerprint density at radius 2 is 2.09 bits per heavy atom. The van der Waals surface area contributed by atoms with Crippen molar-refractivity contribution in [1.29, 1.82) is 0 Å². The van der Waals surface area contributed by atoms with E-state index in [9.17, 15) is 9.59 Å². The number of carbonyl (C=O) groups excluding carboxylic acids is 2. The molecule has 2 saturated heterocycles. The van der Waals surface area contributed by atoms with Gasteiger partial charge in [0.1, 0.15) is 13.2 Å². The zero-order valence-corrected chi connectivity index (χ0v) is 13.4. The molecule has 1 atom stereocenters. The van der Waals surface area contributed by atoms with Crippen LogP contribution in [0.1, 0.15) is 6.42 Å². The second kappa shape index (κ2) is 6.68. The average molecular weight is 318 g/mol. The van der Waals surface area contributed by atoms with E-state index in [0.717, 1.165) is 12.1 Å². The lowest BCUT2D eigenvalue weighted by atomic mass is 9.87. The molecule has 0 aliphatic carbocycles. The molecule has 23 heavy (non-hydrogen) atoms. The fourth-order valence-electron chi connectivity index (χ4n) is 3.35. The van der Waals surface area contributed by atoms with Crippen LogP contribution in [-0.2, 0) is 19.1 Å². The topological polar surface area (TPSA) is 59.1 Å². The van der Waals surface area contributed by atoms with Gasteiger partial charge >= 0.3 is 0 Å². The molecule has 1 unspecified atom stereocenters. The fourth-order valence-corrected chi connectivity index (χ4v) is 3.35. The van der Waals surface area contributed by atoms with Crippen LogP contribution in [0, 0.1) is 5.41 Å². The molecule has 6 heteroatoms. The van der Waals surface area contributed by atoms with E-state index in [-0.39, 0.29) is 30.4 Å². The quantitative estimate of drug-likeness (QED) is 0.831. The first-order valence-electron chi connectivity index (χ1n) is 7.83. The summed E-state index contributed by atoms with van der Waals surface area (Å²) in [6.07, 6.45) is 0.832. The van der Waals surface area contributed by atoms with Crippen LogP contribution in [0.4, 0.5) is 5.69 Å². The van der Waals surface area contributed by atoms with Gasteiger partial charge in [0.15, 0.2) is 0 Å². The third-order valence-corrected chi connectivity index (χ3v) is 4.56. The zero-order chi connectivity index (χ0) is 16.3. The Kier molecular flexibility index (Phi) is 4.63. The predicted octanol–water partition coefficient (Wildman–Crippen LogP) is 0.915. The molecular formula is C17H22N2O4. The highest BCUT2D eigenvalue weighted by molar-refractivity contribution is 5.94. The summed E-state index contributed by atoms with van der Waals surface area (Å²) in [6, 6.07) is 9.63. The van der Waals surface area contributed by atoms with Crippen molar-refractivity contribution in [2.45, 2.75) is 6.42 Å². The van der Waals surface area contributed by atoms with E-state index >= 15 is 0 Å². The first-order chi connectivity index (χ1) is 11.1. The normalized spacial score (nSPS) is 25.0. The molecule has 0 N–H and O–H groups in total. The average Bonchev–Trinajstić information content (AvgIpc) is 2.90. The van der Waals surface area contributed by atoms with Crippen LogP contribution in [0.15, 0.2) is 30.3 Å². The number of rotatable bonds is 3. The molecule has 2 aliphatic rings. The first kappa shape index (κ1) is 16.0. The van der Waals surface area contributed by atoms with Crippen molar-refractivity contribution in [1.82, 2.24) is 4.90 Å². The van der Waals surface area contributed by atoms with Crippen molar-refractivity contribution >= 4 is 17.5 Å². The summed E-state index contributed by atoms with van der Waals surface area (Å²) in [5.74, 6) is -0.0408. The SMILES string of the molecule is COCC(=O)N1CCC2(COCC(=O)N(c3ccccc3)C2)C1.